The molecule has 3 aromatic rings. The normalized spacial score (nSPS) is 17.2. The number of amides is 2. The fourth-order valence-corrected chi connectivity index (χ4v) is 5.20. The zero-order valence-corrected chi connectivity index (χ0v) is 17.2. The summed E-state index contributed by atoms with van der Waals surface area (Å²) >= 11 is 0. The molecular formula is C21H19N3O6S. The Hall–Kier alpha value is -3.37. The van der Waals surface area contributed by atoms with Crippen LogP contribution in [0, 0.1) is 0 Å². The van der Waals surface area contributed by atoms with Crippen molar-refractivity contribution in [2.75, 3.05) is 38.1 Å². The van der Waals surface area contributed by atoms with Crippen LogP contribution in [0.25, 0.3) is 11.0 Å². The minimum absolute atomic E-state index is 0.0640. The Balaban J connectivity index is 1.30. The van der Waals surface area contributed by atoms with Crippen molar-refractivity contribution in [2.24, 2.45) is 0 Å². The van der Waals surface area contributed by atoms with Gasteiger partial charge in [-0.3, -0.25) is 9.59 Å². The van der Waals surface area contributed by atoms with Crippen LogP contribution < -0.4 is 10.1 Å². The second-order valence-electron chi connectivity index (χ2n) is 7.34. The van der Waals surface area contributed by atoms with Crippen LogP contribution in [0.3, 0.4) is 0 Å². The Bertz CT molecular complexity index is 1260. The standard InChI is InChI=1S/C21H19N3O6S/c25-20-13-29-18-6-5-15(12-16(18)22-20)31(27,28)24-9-7-23(8-10-24)21(26)19-11-14-3-1-2-4-17(14)30-19/h1-6,11-12H,7-10,13H2,(H,22,25). The van der Waals surface area contributed by atoms with Crippen molar-refractivity contribution in [2.45, 2.75) is 4.90 Å². The van der Waals surface area contributed by atoms with Gasteiger partial charge in [0.1, 0.15) is 11.3 Å². The van der Waals surface area contributed by atoms with E-state index >= 15 is 0 Å². The Morgan fingerprint density at radius 1 is 1.00 bits per heavy atom. The summed E-state index contributed by atoms with van der Waals surface area (Å²) in [4.78, 5) is 26.0. The number of rotatable bonds is 3. The second-order valence-corrected chi connectivity index (χ2v) is 9.28. The molecule has 2 amide bonds. The van der Waals surface area contributed by atoms with Crippen LogP contribution in [0.15, 0.2) is 57.8 Å². The van der Waals surface area contributed by atoms with Gasteiger partial charge in [0.15, 0.2) is 12.4 Å². The number of nitrogens with one attached hydrogen (secondary N) is 1. The molecule has 1 fully saturated rings. The number of nitrogens with zero attached hydrogens (tertiary/aromatic N) is 2. The summed E-state index contributed by atoms with van der Waals surface area (Å²) in [6, 6.07) is 13.4. The van der Waals surface area contributed by atoms with Gasteiger partial charge < -0.3 is 19.4 Å². The number of anilines is 1. The number of piperazine rings is 1. The van der Waals surface area contributed by atoms with Crippen molar-refractivity contribution >= 4 is 38.5 Å². The van der Waals surface area contributed by atoms with Gasteiger partial charge in [-0.05, 0) is 30.3 Å². The summed E-state index contributed by atoms with van der Waals surface area (Å²) in [6.07, 6.45) is 0. The molecule has 0 spiro atoms. The fraction of sp³-hybridized carbons (Fsp3) is 0.238. The van der Waals surface area contributed by atoms with E-state index in [4.69, 9.17) is 9.15 Å². The minimum Gasteiger partial charge on any atom is -0.482 e. The Morgan fingerprint density at radius 3 is 2.55 bits per heavy atom. The van der Waals surface area contributed by atoms with E-state index in [-0.39, 0.29) is 55.3 Å². The highest BCUT2D eigenvalue weighted by Crippen LogP contribution is 2.31. The topological polar surface area (TPSA) is 109 Å². The van der Waals surface area contributed by atoms with Crippen molar-refractivity contribution in [3.63, 3.8) is 0 Å². The Kier molecular flexibility index (Phi) is 4.67. The Morgan fingerprint density at radius 2 is 1.77 bits per heavy atom. The number of fused-ring (bicyclic) bond motifs is 2. The molecule has 1 saturated heterocycles. The number of carbonyl (C=O) groups excluding carboxylic acids is 2. The number of ether oxygens (including phenoxy) is 1. The SMILES string of the molecule is O=C1COc2ccc(S(=O)(=O)N3CCN(C(=O)c4cc5ccccc5o4)CC3)cc2N1. The van der Waals surface area contributed by atoms with E-state index in [0.717, 1.165) is 5.39 Å². The smallest absolute Gasteiger partial charge is 0.289 e. The van der Waals surface area contributed by atoms with Gasteiger partial charge in [-0.1, -0.05) is 18.2 Å². The summed E-state index contributed by atoms with van der Waals surface area (Å²) in [7, 11) is -3.78. The van der Waals surface area contributed by atoms with Crippen molar-refractivity contribution in [3.05, 3.63) is 54.3 Å². The molecule has 0 radical (unpaired) electrons. The highest BCUT2D eigenvalue weighted by Gasteiger charge is 2.32. The molecular weight excluding hydrogens is 422 g/mol. The first-order chi connectivity index (χ1) is 14.9. The van der Waals surface area contributed by atoms with Gasteiger partial charge in [0, 0.05) is 31.6 Å². The van der Waals surface area contributed by atoms with Crippen molar-refractivity contribution in [1.82, 2.24) is 9.21 Å². The number of hydrogen-bond donors (Lipinski definition) is 1. The lowest BCUT2D eigenvalue weighted by molar-refractivity contribution is -0.118. The average molecular weight is 441 g/mol. The molecule has 10 heteroatoms. The molecule has 2 aromatic carbocycles. The van der Waals surface area contributed by atoms with Crippen LogP contribution in [0.5, 0.6) is 5.75 Å². The highest BCUT2D eigenvalue weighted by atomic mass is 32.2. The molecule has 5 rings (SSSR count). The van der Waals surface area contributed by atoms with Gasteiger partial charge >= 0.3 is 0 Å². The van der Waals surface area contributed by atoms with Crippen molar-refractivity contribution in [3.8, 4) is 5.75 Å². The molecule has 1 N–H and O–H groups in total. The van der Waals surface area contributed by atoms with Crippen molar-refractivity contribution in [1.29, 1.82) is 0 Å². The van der Waals surface area contributed by atoms with Crippen LogP contribution in [0.2, 0.25) is 0 Å². The largest absolute Gasteiger partial charge is 0.482 e. The lowest BCUT2D eigenvalue weighted by atomic mass is 10.2. The molecule has 0 saturated carbocycles. The monoisotopic (exact) mass is 441 g/mol. The van der Waals surface area contributed by atoms with E-state index in [1.165, 1.54) is 22.5 Å². The van der Waals surface area contributed by atoms with E-state index in [0.29, 0.717) is 17.0 Å². The van der Waals surface area contributed by atoms with Gasteiger partial charge in [0.05, 0.1) is 10.6 Å². The molecule has 9 nitrogen and oxygen atoms in total. The fourth-order valence-electron chi connectivity index (χ4n) is 3.75. The molecule has 1 aromatic heterocycles. The van der Waals surface area contributed by atoms with E-state index in [9.17, 15) is 18.0 Å². The maximum Gasteiger partial charge on any atom is 0.289 e. The average Bonchev–Trinajstić information content (AvgIpc) is 3.22. The zero-order valence-electron chi connectivity index (χ0n) is 16.4. The van der Waals surface area contributed by atoms with Gasteiger partial charge in [0.25, 0.3) is 11.8 Å². The quantitative estimate of drug-likeness (QED) is 0.665. The molecule has 2 aliphatic rings. The number of furan rings is 1. The zero-order chi connectivity index (χ0) is 21.6. The minimum atomic E-state index is -3.78. The highest BCUT2D eigenvalue weighted by molar-refractivity contribution is 7.89. The maximum absolute atomic E-state index is 13.1. The molecule has 0 unspecified atom stereocenters. The number of para-hydroxylation sites is 1. The summed E-state index contributed by atoms with van der Waals surface area (Å²) in [5.74, 6) is 0.0735. The van der Waals surface area contributed by atoms with Crippen LogP contribution >= 0.6 is 0 Å². The van der Waals surface area contributed by atoms with E-state index in [1.54, 1.807) is 17.0 Å². The number of sulfonamides is 1. The lowest BCUT2D eigenvalue weighted by Gasteiger charge is -2.33. The first-order valence-corrected chi connectivity index (χ1v) is 11.2. The summed E-state index contributed by atoms with van der Waals surface area (Å²) in [5.41, 5.74) is 0.964. The van der Waals surface area contributed by atoms with Gasteiger partial charge in [-0.25, -0.2) is 8.42 Å². The summed E-state index contributed by atoms with van der Waals surface area (Å²) in [5, 5.41) is 3.46. The summed E-state index contributed by atoms with van der Waals surface area (Å²) in [6.45, 7) is 0.725. The predicted octanol–water partition coefficient (Wildman–Crippen LogP) is 1.91. The molecule has 2 aliphatic heterocycles. The summed E-state index contributed by atoms with van der Waals surface area (Å²) < 4.78 is 38.4. The van der Waals surface area contributed by atoms with Gasteiger partial charge in [0.2, 0.25) is 10.0 Å². The molecule has 31 heavy (non-hydrogen) atoms. The van der Waals surface area contributed by atoms with Crippen LogP contribution in [-0.4, -0.2) is 62.2 Å². The van der Waals surface area contributed by atoms with Crippen LogP contribution in [-0.2, 0) is 14.8 Å². The molecule has 0 aliphatic carbocycles. The number of carbonyl (C=O) groups is 2. The van der Waals surface area contributed by atoms with Crippen LogP contribution in [0.4, 0.5) is 5.69 Å². The van der Waals surface area contributed by atoms with Crippen molar-refractivity contribution < 1.29 is 27.2 Å². The third-order valence-corrected chi connectivity index (χ3v) is 7.28. The predicted molar refractivity (Wildman–Crippen MR) is 111 cm³/mol. The van der Waals surface area contributed by atoms with Gasteiger partial charge in [-0.15, -0.1) is 0 Å². The Labute approximate surface area is 178 Å². The third-order valence-electron chi connectivity index (χ3n) is 5.38. The van der Waals surface area contributed by atoms with Crippen LogP contribution in [0.1, 0.15) is 10.6 Å². The molecule has 3 heterocycles. The third kappa shape index (κ3) is 3.53. The number of hydrogen-bond acceptors (Lipinski definition) is 6. The second kappa shape index (κ2) is 7.40. The first-order valence-electron chi connectivity index (χ1n) is 9.76. The maximum atomic E-state index is 13.1. The van der Waals surface area contributed by atoms with E-state index < -0.39 is 10.0 Å². The molecule has 0 atom stereocenters. The number of benzene rings is 2. The van der Waals surface area contributed by atoms with E-state index in [2.05, 4.69) is 5.32 Å². The lowest BCUT2D eigenvalue weighted by Crippen LogP contribution is -2.50. The van der Waals surface area contributed by atoms with Gasteiger partial charge in [-0.2, -0.15) is 4.31 Å². The molecule has 0 bridgehead atoms. The first kappa shape index (κ1) is 19.6. The molecule has 160 valence electrons. The van der Waals surface area contributed by atoms with E-state index in [1.807, 2.05) is 18.2 Å².